The molecule has 9 nitrogen and oxygen atoms in total. The molecule has 0 unspecified atom stereocenters. The van der Waals surface area contributed by atoms with Crippen molar-refractivity contribution in [1.82, 2.24) is 0 Å². The van der Waals surface area contributed by atoms with E-state index < -0.39 is 27.8 Å². The average molecular weight is 453 g/mol. The number of imide groups is 1. The molecule has 158 valence electrons. The van der Waals surface area contributed by atoms with Gasteiger partial charge < -0.3 is 9.47 Å². The number of methoxy groups -OCH3 is 2. The molecule has 0 bridgehead atoms. The first-order valence-corrected chi connectivity index (χ1v) is 10.5. The van der Waals surface area contributed by atoms with Gasteiger partial charge in [0.1, 0.15) is 5.75 Å². The molecule has 1 aliphatic rings. The van der Waals surface area contributed by atoms with Gasteiger partial charge >= 0.3 is 5.97 Å². The summed E-state index contributed by atoms with van der Waals surface area (Å²) in [7, 11) is -1.65. The van der Waals surface area contributed by atoms with E-state index in [-0.39, 0.29) is 45.4 Å². The van der Waals surface area contributed by atoms with Gasteiger partial charge in [0.15, 0.2) is 0 Å². The lowest BCUT2D eigenvalue weighted by Crippen LogP contribution is -2.29. The molecule has 0 spiro atoms. The Bertz CT molecular complexity index is 1130. The second-order valence-electron chi connectivity index (χ2n) is 6.25. The number of carbonyl (C=O) groups is 3. The molecule has 0 saturated carbocycles. The molecule has 3 rings (SSSR count). The largest absolute Gasteiger partial charge is 0.495 e. The van der Waals surface area contributed by atoms with Crippen molar-refractivity contribution >= 4 is 50.8 Å². The number of hydrogen-bond donors (Lipinski definition) is 1. The van der Waals surface area contributed by atoms with Gasteiger partial charge in [-0.05, 0) is 36.4 Å². The maximum absolute atomic E-state index is 12.9. The van der Waals surface area contributed by atoms with Gasteiger partial charge in [-0.25, -0.2) is 18.1 Å². The van der Waals surface area contributed by atoms with Crippen LogP contribution in [0, 0.1) is 0 Å². The summed E-state index contributed by atoms with van der Waals surface area (Å²) in [5.41, 5.74) is 0.0934. The number of ether oxygens (including phenoxy) is 2. The van der Waals surface area contributed by atoms with Gasteiger partial charge in [0, 0.05) is 12.8 Å². The van der Waals surface area contributed by atoms with Gasteiger partial charge in [0.25, 0.3) is 10.0 Å². The van der Waals surface area contributed by atoms with Crippen LogP contribution >= 0.6 is 11.6 Å². The molecule has 0 atom stereocenters. The van der Waals surface area contributed by atoms with Crippen molar-refractivity contribution in [2.24, 2.45) is 0 Å². The second-order valence-corrected chi connectivity index (χ2v) is 8.34. The van der Waals surface area contributed by atoms with Crippen LogP contribution in [-0.4, -0.2) is 40.4 Å². The van der Waals surface area contributed by atoms with Gasteiger partial charge in [0.2, 0.25) is 11.8 Å². The lowest BCUT2D eigenvalue weighted by molar-refractivity contribution is -0.121. The zero-order valence-corrected chi connectivity index (χ0v) is 17.5. The molecule has 11 heteroatoms. The summed E-state index contributed by atoms with van der Waals surface area (Å²) < 4.78 is 37.9. The third-order valence-electron chi connectivity index (χ3n) is 4.38. The highest BCUT2D eigenvalue weighted by molar-refractivity contribution is 7.92. The molecule has 1 N–H and O–H groups in total. The van der Waals surface area contributed by atoms with Crippen LogP contribution in [0.2, 0.25) is 5.02 Å². The zero-order chi connectivity index (χ0) is 22.1. The van der Waals surface area contributed by atoms with Crippen LogP contribution in [-0.2, 0) is 24.3 Å². The molecule has 2 aromatic rings. The van der Waals surface area contributed by atoms with E-state index in [1.54, 1.807) is 0 Å². The number of rotatable bonds is 6. The smallest absolute Gasteiger partial charge is 0.337 e. The second kappa shape index (κ2) is 8.33. The van der Waals surface area contributed by atoms with E-state index in [2.05, 4.69) is 9.46 Å². The highest BCUT2D eigenvalue weighted by Gasteiger charge is 2.33. The molecule has 1 saturated heterocycles. The van der Waals surface area contributed by atoms with Crippen LogP contribution in [0.25, 0.3) is 0 Å². The molecular weight excluding hydrogens is 436 g/mol. The van der Waals surface area contributed by atoms with E-state index in [1.165, 1.54) is 50.6 Å². The Kier molecular flexibility index (Phi) is 5.99. The van der Waals surface area contributed by atoms with Crippen molar-refractivity contribution in [2.45, 2.75) is 17.7 Å². The molecule has 30 heavy (non-hydrogen) atoms. The van der Waals surface area contributed by atoms with E-state index in [0.717, 1.165) is 4.90 Å². The van der Waals surface area contributed by atoms with Gasteiger partial charge in [-0.1, -0.05) is 11.6 Å². The number of amides is 2. The number of carbonyl (C=O) groups excluding carboxylic acids is 3. The fraction of sp³-hybridized carbons (Fsp3) is 0.211. The fourth-order valence-corrected chi connectivity index (χ4v) is 4.22. The summed E-state index contributed by atoms with van der Waals surface area (Å²) >= 11 is 6.06. The summed E-state index contributed by atoms with van der Waals surface area (Å²) in [5.74, 6) is -1.39. The van der Waals surface area contributed by atoms with Gasteiger partial charge in [0.05, 0.1) is 41.1 Å². The Balaban J connectivity index is 2.01. The van der Waals surface area contributed by atoms with Gasteiger partial charge in [-0.2, -0.15) is 0 Å². The summed E-state index contributed by atoms with van der Waals surface area (Å²) in [6.45, 7) is 0. The van der Waals surface area contributed by atoms with E-state index in [0.29, 0.717) is 0 Å². The third kappa shape index (κ3) is 4.10. The van der Waals surface area contributed by atoms with Crippen LogP contribution in [0.15, 0.2) is 41.3 Å². The molecule has 2 amide bonds. The van der Waals surface area contributed by atoms with Crippen molar-refractivity contribution in [1.29, 1.82) is 0 Å². The quantitative estimate of drug-likeness (QED) is 0.528. The maximum atomic E-state index is 12.9. The predicted molar refractivity (Wildman–Crippen MR) is 108 cm³/mol. The molecule has 1 heterocycles. The Labute approximate surface area is 177 Å². The molecule has 0 aromatic heterocycles. The van der Waals surface area contributed by atoms with Crippen molar-refractivity contribution < 1.29 is 32.3 Å². The number of nitrogens with zero attached hydrogens (tertiary/aromatic N) is 1. The van der Waals surface area contributed by atoms with Crippen LogP contribution < -0.4 is 14.4 Å². The summed E-state index contributed by atoms with van der Waals surface area (Å²) in [6.07, 6.45) is 0.0697. The zero-order valence-electron chi connectivity index (χ0n) is 16.0. The first kappa shape index (κ1) is 21.6. The Morgan fingerprint density at radius 3 is 2.33 bits per heavy atom. The SMILES string of the molecule is COC(=O)c1ccc(Cl)c(NS(=O)(=O)c2ccc(OC)c(N3C(=O)CCC3=O)c2)c1. The maximum Gasteiger partial charge on any atom is 0.337 e. The van der Waals surface area contributed by atoms with Crippen LogP contribution in [0.5, 0.6) is 5.75 Å². The topological polar surface area (TPSA) is 119 Å². The minimum absolute atomic E-state index is 0.0299. The van der Waals surface area contributed by atoms with E-state index in [4.69, 9.17) is 16.3 Å². The van der Waals surface area contributed by atoms with Gasteiger partial charge in [-0.3, -0.25) is 14.3 Å². The Hall–Kier alpha value is -3.11. The lowest BCUT2D eigenvalue weighted by Gasteiger charge is -2.19. The van der Waals surface area contributed by atoms with Crippen LogP contribution in [0.4, 0.5) is 11.4 Å². The molecule has 0 radical (unpaired) electrons. The first-order chi connectivity index (χ1) is 14.2. The number of hydrogen-bond acceptors (Lipinski definition) is 7. The minimum atomic E-state index is -4.19. The van der Waals surface area contributed by atoms with Crippen LogP contribution in [0.1, 0.15) is 23.2 Å². The van der Waals surface area contributed by atoms with Crippen molar-refractivity contribution in [3.63, 3.8) is 0 Å². The predicted octanol–water partition coefficient (Wildman–Crippen LogP) is 2.59. The number of esters is 1. The van der Waals surface area contributed by atoms with E-state index >= 15 is 0 Å². The highest BCUT2D eigenvalue weighted by atomic mass is 35.5. The monoisotopic (exact) mass is 452 g/mol. The Morgan fingerprint density at radius 1 is 1.07 bits per heavy atom. The van der Waals surface area contributed by atoms with Crippen molar-refractivity contribution in [2.75, 3.05) is 23.8 Å². The number of nitrogens with one attached hydrogen (secondary N) is 1. The minimum Gasteiger partial charge on any atom is -0.495 e. The van der Waals surface area contributed by atoms with E-state index in [9.17, 15) is 22.8 Å². The standard InChI is InChI=1S/C19H17ClN2O7S/c1-28-16-6-4-12(10-15(16)22-17(23)7-8-18(22)24)30(26,27)21-14-9-11(19(25)29-2)3-5-13(14)20/h3-6,9-10,21H,7-8H2,1-2H3. The molecular formula is C19H17ClN2O7S. The fourth-order valence-electron chi connectivity index (χ4n) is 2.91. The summed E-state index contributed by atoms with van der Waals surface area (Å²) in [5, 5.41) is 0.0601. The summed E-state index contributed by atoms with van der Waals surface area (Å²) in [6, 6.07) is 7.75. The van der Waals surface area contributed by atoms with Gasteiger partial charge in [-0.15, -0.1) is 0 Å². The number of anilines is 2. The summed E-state index contributed by atoms with van der Waals surface area (Å²) in [4.78, 5) is 36.6. The normalized spacial score (nSPS) is 14.0. The lowest BCUT2D eigenvalue weighted by atomic mass is 10.2. The average Bonchev–Trinajstić information content (AvgIpc) is 3.06. The number of halogens is 1. The highest BCUT2D eigenvalue weighted by Crippen LogP contribution is 2.35. The van der Waals surface area contributed by atoms with Crippen LogP contribution in [0.3, 0.4) is 0 Å². The number of sulfonamides is 1. The first-order valence-electron chi connectivity index (χ1n) is 8.62. The number of benzene rings is 2. The molecule has 0 aliphatic carbocycles. The molecule has 2 aromatic carbocycles. The Morgan fingerprint density at radius 2 is 1.73 bits per heavy atom. The van der Waals surface area contributed by atoms with Crippen molar-refractivity contribution in [3.05, 3.63) is 47.0 Å². The van der Waals surface area contributed by atoms with E-state index in [1.807, 2.05) is 0 Å². The molecule has 1 aliphatic heterocycles. The third-order valence-corrected chi connectivity index (χ3v) is 6.08. The molecule has 1 fully saturated rings. The van der Waals surface area contributed by atoms with Crippen molar-refractivity contribution in [3.8, 4) is 5.75 Å².